The van der Waals surface area contributed by atoms with Gasteiger partial charge in [0.1, 0.15) is 0 Å². The van der Waals surface area contributed by atoms with E-state index >= 15 is 0 Å². The lowest BCUT2D eigenvalue weighted by atomic mass is 10.0. The van der Waals surface area contributed by atoms with Crippen LogP contribution in [0.4, 0.5) is 0 Å². The summed E-state index contributed by atoms with van der Waals surface area (Å²) in [5, 5.41) is 6.32. The quantitative estimate of drug-likeness (QED) is 0.285. The minimum atomic E-state index is -3.29. The van der Waals surface area contributed by atoms with Gasteiger partial charge >= 0.3 is 0 Å². The van der Waals surface area contributed by atoms with E-state index in [0.29, 0.717) is 31.5 Å². The molecule has 0 aliphatic carbocycles. The van der Waals surface area contributed by atoms with Gasteiger partial charge < -0.3 is 15.4 Å². The number of rotatable bonds is 9. The number of hydrogen-bond acceptors (Lipinski definition) is 4. The van der Waals surface area contributed by atoms with E-state index in [2.05, 4.69) is 29.5 Å². The summed E-state index contributed by atoms with van der Waals surface area (Å²) in [4.78, 5) is 4.58. The molecule has 0 aromatic carbocycles. The molecule has 0 spiro atoms. The molecule has 1 aliphatic heterocycles. The van der Waals surface area contributed by atoms with Gasteiger partial charge in [0.25, 0.3) is 0 Å². The molecule has 1 fully saturated rings. The van der Waals surface area contributed by atoms with Crippen LogP contribution in [-0.2, 0) is 14.8 Å². The fourth-order valence-corrected chi connectivity index (χ4v) is 4.39. The Bertz CT molecular complexity index is 502. The highest BCUT2D eigenvalue weighted by atomic mass is 127. The fourth-order valence-electron chi connectivity index (χ4n) is 2.89. The van der Waals surface area contributed by atoms with Crippen molar-refractivity contribution in [3.8, 4) is 0 Å². The van der Waals surface area contributed by atoms with Crippen LogP contribution in [0, 0.1) is 5.92 Å². The molecule has 1 rings (SSSR count). The molecule has 2 N–H and O–H groups in total. The highest BCUT2D eigenvalue weighted by molar-refractivity contribution is 14.0. The number of nitrogens with zero attached hydrogens (tertiary/aromatic N) is 2. The van der Waals surface area contributed by atoms with Crippen molar-refractivity contribution in [1.82, 2.24) is 14.9 Å². The van der Waals surface area contributed by atoms with Crippen molar-refractivity contribution in [2.24, 2.45) is 10.9 Å². The zero-order valence-corrected chi connectivity index (χ0v) is 20.0. The van der Waals surface area contributed by atoms with Crippen LogP contribution in [-0.4, -0.2) is 69.4 Å². The number of guanidine groups is 1. The van der Waals surface area contributed by atoms with Crippen molar-refractivity contribution < 1.29 is 13.2 Å². The van der Waals surface area contributed by atoms with Crippen molar-refractivity contribution in [1.29, 1.82) is 0 Å². The molecule has 1 saturated heterocycles. The fraction of sp³-hybridized carbons (Fsp3) is 0.941. The van der Waals surface area contributed by atoms with Crippen LogP contribution in [0.25, 0.3) is 0 Å². The number of morpholine rings is 1. The largest absolute Gasteiger partial charge is 0.373 e. The molecule has 0 aromatic heterocycles. The smallest absolute Gasteiger partial charge is 0.216 e. The molecule has 0 radical (unpaired) electrons. The Hall–Kier alpha value is -0.130. The first kappa shape index (κ1) is 25.9. The molecular weight excluding hydrogens is 467 g/mol. The van der Waals surface area contributed by atoms with Crippen LogP contribution in [0.1, 0.15) is 47.5 Å². The van der Waals surface area contributed by atoms with Gasteiger partial charge in [-0.15, -0.1) is 24.0 Å². The summed E-state index contributed by atoms with van der Waals surface area (Å²) >= 11 is 0. The van der Waals surface area contributed by atoms with Gasteiger partial charge in [-0.05, 0) is 26.7 Å². The first-order chi connectivity index (χ1) is 11.8. The third-order valence-electron chi connectivity index (χ3n) is 4.44. The van der Waals surface area contributed by atoms with Crippen molar-refractivity contribution >= 4 is 40.0 Å². The Morgan fingerprint density at radius 2 is 1.73 bits per heavy atom. The van der Waals surface area contributed by atoms with Gasteiger partial charge in [-0.3, -0.25) is 4.99 Å². The normalized spacial score (nSPS) is 22.2. The minimum Gasteiger partial charge on any atom is -0.373 e. The van der Waals surface area contributed by atoms with Gasteiger partial charge in [0.05, 0.1) is 18.0 Å². The Balaban J connectivity index is 0.00000625. The number of hydrogen-bond donors (Lipinski definition) is 2. The molecule has 1 aliphatic rings. The molecule has 1 heterocycles. The molecule has 0 amide bonds. The van der Waals surface area contributed by atoms with Gasteiger partial charge in [-0.1, -0.05) is 26.7 Å². The standard InChI is InChI=1S/C17H36N4O3S.HI/c1-6-16(7-2)11-20-17(18-8-3)19-9-10-25(22,23)21-12-14(4)24-15(5)13-21;/h14-16H,6-13H2,1-5H3,(H2,18,19,20);1H. The van der Waals surface area contributed by atoms with Crippen LogP contribution in [0.3, 0.4) is 0 Å². The van der Waals surface area contributed by atoms with Gasteiger partial charge in [0, 0.05) is 32.7 Å². The number of aliphatic imine (C=N–C) groups is 1. The number of sulfonamides is 1. The molecule has 0 saturated carbocycles. The van der Waals surface area contributed by atoms with Crippen molar-refractivity contribution in [3.05, 3.63) is 0 Å². The number of halogens is 1. The molecule has 0 bridgehead atoms. The lowest BCUT2D eigenvalue weighted by Crippen LogP contribution is -2.50. The second-order valence-corrected chi connectivity index (χ2v) is 8.81. The first-order valence-electron chi connectivity index (χ1n) is 9.47. The Morgan fingerprint density at radius 1 is 1.15 bits per heavy atom. The van der Waals surface area contributed by atoms with Gasteiger partial charge in [-0.2, -0.15) is 4.31 Å². The predicted molar refractivity (Wildman–Crippen MR) is 119 cm³/mol. The summed E-state index contributed by atoms with van der Waals surface area (Å²) in [6, 6.07) is 0. The van der Waals surface area contributed by atoms with Crippen LogP contribution < -0.4 is 10.6 Å². The van der Waals surface area contributed by atoms with Gasteiger partial charge in [0.2, 0.25) is 10.0 Å². The Morgan fingerprint density at radius 3 is 2.23 bits per heavy atom. The van der Waals surface area contributed by atoms with E-state index in [9.17, 15) is 8.42 Å². The van der Waals surface area contributed by atoms with E-state index in [-0.39, 0.29) is 41.9 Å². The average Bonchev–Trinajstić information content (AvgIpc) is 2.54. The van der Waals surface area contributed by atoms with E-state index in [0.717, 1.165) is 25.9 Å². The summed E-state index contributed by atoms with van der Waals surface area (Å²) in [6.45, 7) is 12.9. The van der Waals surface area contributed by atoms with Gasteiger partial charge in [0.15, 0.2) is 5.96 Å². The molecule has 0 aromatic rings. The summed E-state index contributed by atoms with van der Waals surface area (Å²) in [5.41, 5.74) is 0. The maximum Gasteiger partial charge on any atom is 0.216 e. The Kier molecular flexibility index (Phi) is 13.0. The third kappa shape index (κ3) is 9.18. The summed E-state index contributed by atoms with van der Waals surface area (Å²) in [7, 11) is -3.29. The number of nitrogens with one attached hydrogen (secondary N) is 2. The summed E-state index contributed by atoms with van der Waals surface area (Å²) < 4.78 is 32.2. The SMILES string of the molecule is CCNC(=NCC(CC)CC)NCCS(=O)(=O)N1CC(C)OC(C)C1.I. The van der Waals surface area contributed by atoms with Crippen LogP contribution in [0.5, 0.6) is 0 Å². The molecule has 26 heavy (non-hydrogen) atoms. The predicted octanol–water partition coefficient (Wildman–Crippen LogP) is 2.03. The Labute approximate surface area is 176 Å². The maximum absolute atomic E-state index is 12.5. The lowest BCUT2D eigenvalue weighted by Gasteiger charge is -2.34. The molecule has 9 heteroatoms. The maximum atomic E-state index is 12.5. The zero-order chi connectivity index (χ0) is 18.9. The number of ether oxygens (including phenoxy) is 1. The molecule has 7 nitrogen and oxygen atoms in total. The zero-order valence-electron chi connectivity index (χ0n) is 16.8. The van der Waals surface area contributed by atoms with Crippen molar-refractivity contribution in [2.75, 3.05) is 38.5 Å². The highest BCUT2D eigenvalue weighted by Gasteiger charge is 2.30. The second kappa shape index (κ2) is 13.1. The average molecular weight is 504 g/mol. The summed E-state index contributed by atoms with van der Waals surface area (Å²) in [5.74, 6) is 1.31. The minimum absolute atomic E-state index is 0. The van der Waals surface area contributed by atoms with Crippen LogP contribution in [0.2, 0.25) is 0 Å². The van der Waals surface area contributed by atoms with Crippen LogP contribution >= 0.6 is 24.0 Å². The molecule has 156 valence electrons. The monoisotopic (exact) mass is 504 g/mol. The van der Waals surface area contributed by atoms with Crippen molar-refractivity contribution in [2.45, 2.75) is 59.7 Å². The van der Waals surface area contributed by atoms with Crippen molar-refractivity contribution in [3.63, 3.8) is 0 Å². The topological polar surface area (TPSA) is 83.0 Å². The van der Waals surface area contributed by atoms with E-state index in [1.807, 2.05) is 20.8 Å². The van der Waals surface area contributed by atoms with E-state index in [4.69, 9.17) is 4.74 Å². The molecular formula is C17H37IN4O3S. The first-order valence-corrected chi connectivity index (χ1v) is 11.1. The van der Waals surface area contributed by atoms with E-state index < -0.39 is 10.0 Å². The highest BCUT2D eigenvalue weighted by Crippen LogP contribution is 2.14. The lowest BCUT2D eigenvalue weighted by molar-refractivity contribution is -0.0440. The molecule has 2 unspecified atom stereocenters. The van der Waals surface area contributed by atoms with E-state index in [1.165, 1.54) is 0 Å². The van der Waals surface area contributed by atoms with Gasteiger partial charge in [-0.25, -0.2) is 8.42 Å². The second-order valence-electron chi connectivity index (χ2n) is 6.72. The van der Waals surface area contributed by atoms with E-state index in [1.54, 1.807) is 4.31 Å². The molecule has 2 atom stereocenters. The summed E-state index contributed by atoms with van der Waals surface area (Å²) in [6.07, 6.45) is 2.07. The van der Waals surface area contributed by atoms with Crippen LogP contribution in [0.15, 0.2) is 4.99 Å². The third-order valence-corrected chi connectivity index (χ3v) is 6.24.